The first-order chi connectivity index (χ1) is 13.0. The lowest BCUT2D eigenvalue weighted by Crippen LogP contribution is -2.56. The predicted molar refractivity (Wildman–Crippen MR) is 106 cm³/mol. The van der Waals surface area contributed by atoms with Gasteiger partial charge in [-0.1, -0.05) is 12.1 Å². The minimum Gasteiger partial charge on any atom is -0.336 e. The molecule has 3 rings (SSSR count). The molecule has 146 valence electrons. The molecule has 2 fully saturated rings. The van der Waals surface area contributed by atoms with Crippen molar-refractivity contribution in [3.8, 4) is 6.07 Å². The van der Waals surface area contributed by atoms with Crippen LogP contribution in [-0.2, 0) is 6.54 Å². The van der Waals surface area contributed by atoms with Gasteiger partial charge < -0.3 is 10.2 Å². The quantitative estimate of drug-likeness (QED) is 0.884. The maximum Gasteiger partial charge on any atom is 0.317 e. The molecule has 0 atom stereocenters. The van der Waals surface area contributed by atoms with E-state index in [9.17, 15) is 4.79 Å². The van der Waals surface area contributed by atoms with Crippen molar-refractivity contribution < 1.29 is 4.79 Å². The number of nitrogens with one attached hydrogen (secondary N) is 1. The van der Waals surface area contributed by atoms with Gasteiger partial charge in [-0.25, -0.2) is 4.79 Å². The molecule has 2 aliphatic heterocycles. The van der Waals surface area contributed by atoms with Crippen molar-refractivity contribution in [3.05, 3.63) is 35.4 Å². The Balaban J connectivity index is 1.42. The van der Waals surface area contributed by atoms with E-state index in [0.717, 1.165) is 51.4 Å². The Bertz CT molecular complexity index is 667. The second-order valence-electron chi connectivity index (χ2n) is 7.95. The minimum absolute atomic E-state index is 0.0686. The predicted octanol–water partition coefficient (Wildman–Crippen LogP) is 2.26. The normalized spacial score (nSPS) is 19.9. The lowest BCUT2D eigenvalue weighted by atomic mass is 10.0. The molecule has 2 aliphatic rings. The van der Waals surface area contributed by atoms with Crippen molar-refractivity contribution in [2.45, 2.75) is 45.3 Å². The van der Waals surface area contributed by atoms with Gasteiger partial charge in [-0.3, -0.25) is 9.80 Å². The van der Waals surface area contributed by atoms with Crippen LogP contribution in [0.5, 0.6) is 0 Å². The molecule has 27 heavy (non-hydrogen) atoms. The maximum absolute atomic E-state index is 12.1. The number of piperazine rings is 1. The highest BCUT2D eigenvalue weighted by Crippen LogP contribution is 2.20. The summed E-state index contributed by atoms with van der Waals surface area (Å²) in [6.45, 7) is 10.7. The Morgan fingerprint density at radius 1 is 1.19 bits per heavy atom. The van der Waals surface area contributed by atoms with Crippen LogP contribution in [0.25, 0.3) is 0 Å². The molecule has 0 bridgehead atoms. The van der Waals surface area contributed by atoms with Gasteiger partial charge >= 0.3 is 6.03 Å². The molecule has 0 radical (unpaired) electrons. The molecule has 1 aromatic rings. The molecule has 6 heteroatoms. The van der Waals surface area contributed by atoms with Crippen LogP contribution in [0, 0.1) is 11.3 Å². The van der Waals surface area contributed by atoms with Gasteiger partial charge in [0, 0.05) is 44.8 Å². The highest BCUT2D eigenvalue weighted by molar-refractivity contribution is 5.74. The number of hydrogen-bond acceptors (Lipinski definition) is 4. The van der Waals surface area contributed by atoms with Gasteiger partial charge in [-0.2, -0.15) is 5.26 Å². The molecule has 0 saturated carbocycles. The zero-order valence-electron chi connectivity index (χ0n) is 16.5. The lowest BCUT2D eigenvalue weighted by Gasteiger charge is -2.42. The first-order valence-electron chi connectivity index (χ1n) is 10.1. The Labute approximate surface area is 162 Å². The fourth-order valence-corrected chi connectivity index (χ4v) is 4.07. The van der Waals surface area contributed by atoms with E-state index >= 15 is 0 Å². The zero-order chi connectivity index (χ0) is 19.2. The Hall–Kier alpha value is -2.10. The Morgan fingerprint density at radius 3 is 2.52 bits per heavy atom. The SMILES string of the molecule is CC(C)NC(=O)N1CCN(C2CCN(Cc3cccc(C#N)c3)CC2)CC1. The summed E-state index contributed by atoms with van der Waals surface area (Å²) in [5.41, 5.74) is 1.96. The van der Waals surface area contributed by atoms with Gasteiger partial charge in [-0.05, 0) is 57.5 Å². The molecule has 0 aliphatic carbocycles. The van der Waals surface area contributed by atoms with E-state index in [4.69, 9.17) is 5.26 Å². The summed E-state index contributed by atoms with van der Waals surface area (Å²) in [5, 5.41) is 12.0. The van der Waals surface area contributed by atoms with Gasteiger partial charge in [0.2, 0.25) is 0 Å². The third-order valence-corrected chi connectivity index (χ3v) is 5.55. The van der Waals surface area contributed by atoms with Crippen LogP contribution >= 0.6 is 0 Å². The second-order valence-corrected chi connectivity index (χ2v) is 7.95. The zero-order valence-corrected chi connectivity index (χ0v) is 16.5. The van der Waals surface area contributed by atoms with Crippen LogP contribution in [0.4, 0.5) is 4.79 Å². The van der Waals surface area contributed by atoms with E-state index in [0.29, 0.717) is 6.04 Å². The molecule has 0 aromatic heterocycles. The van der Waals surface area contributed by atoms with Crippen LogP contribution in [0.15, 0.2) is 24.3 Å². The fourth-order valence-electron chi connectivity index (χ4n) is 4.07. The average Bonchev–Trinajstić information content (AvgIpc) is 2.68. The molecule has 0 spiro atoms. The van der Waals surface area contributed by atoms with Gasteiger partial charge in [0.15, 0.2) is 0 Å². The molecular formula is C21H31N5O. The number of carbonyl (C=O) groups is 1. The van der Waals surface area contributed by atoms with Crippen molar-refractivity contribution in [2.24, 2.45) is 0 Å². The third kappa shape index (κ3) is 5.44. The van der Waals surface area contributed by atoms with Crippen LogP contribution in [-0.4, -0.2) is 72.1 Å². The second kappa shape index (κ2) is 9.20. The standard InChI is InChI=1S/C21H31N5O/c1-17(2)23-21(27)26-12-10-25(11-13-26)20-6-8-24(9-7-20)16-19-5-3-4-18(14-19)15-22/h3-5,14,17,20H,6-13,16H2,1-2H3,(H,23,27). The van der Waals surface area contributed by atoms with E-state index < -0.39 is 0 Å². The molecule has 1 aromatic carbocycles. The number of nitriles is 1. The summed E-state index contributed by atoms with van der Waals surface area (Å²) in [5.74, 6) is 0. The number of carbonyl (C=O) groups excluding carboxylic acids is 1. The third-order valence-electron chi connectivity index (χ3n) is 5.55. The van der Waals surface area contributed by atoms with E-state index in [2.05, 4.69) is 27.3 Å². The van der Waals surface area contributed by atoms with Gasteiger partial charge in [0.05, 0.1) is 11.6 Å². The Morgan fingerprint density at radius 2 is 1.89 bits per heavy atom. The summed E-state index contributed by atoms with van der Waals surface area (Å²) in [4.78, 5) is 19.1. The summed E-state index contributed by atoms with van der Waals surface area (Å²) < 4.78 is 0. The van der Waals surface area contributed by atoms with Crippen molar-refractivity contribution in [2.75, 3.05) is 39.3 Å². The number of urea groups is 1. The topological polar surface area (TPSA) is 62.6 Å². The average molecular weight is 370 g/mol. The molecule has 1 N–H and O–H groups in total. The van der Waals surface area contributed by atoms with Crippen LogP contribution < -0.4 is 5.32 Å². The van der Waals surface area contributed by atoms with Crippen LogP contribution in [0.1, 0.15) is 37.8 Å². The van der Waals surface area contributed by atoms with Crippen molar-refractivity contribution in [1.29, 1.82) is 5.26 Å². The number of benzene rings is 1. The summed E-state index contributed by atoms with van der Waals surface area (Å²) >= 11 is 0. The first-order valence-corrected chi connectivity index (χ1v) is 10.1. The van der Waals surface area contributed by atoms with Crippen molar-refractivity contribution in [1.82, 2.24) is 20.0 Å². The maximum atomic E-state index is 12.1. The lowest BCUT2D eigenvalue weighted by molar-refractivity contribution is 0.0666. The summed E-state index contributed by atoms with van der Waals surface area (Å²) in [6, 6.07) is 11.0. The van der Waals surface area contributed by atoms with Crippen LogP contribution in [0.2, 0.25) is 0 Å². The molecule has 2 heterocycles. The molecule has 6 nitrogen and oxygen atoms in total. The fraction of sp³-hybridized carbons (Fsp3) is 0.619. The van der Waals surface area contributed by atoms with E-state index in [1.54, 1.807) is 0 Å². The van der Waals surface area contributed by atoms with Gasteiger partial charge in [-0.15, -0.1) is 0 Å². The van der Waals surface area contributed by atoms with E-state index in [1.165, 1.54) is 18.4 Å². The minimum atomic E-state index is 0.0686. The Kier molecular flexibility index (Phi) is 6.70. The summed E-state index contributed by atoms with van der Waals surface area (Å²) in [7, 11) is 0. The van der Waals surface area contributed by atoms with Crippen molar-refractivity contribution >= 4 is 6.03 Å². The molecule has 2 amide bonds. The van der Waals surface area contributed by atoms with Gasteiger partial charge in [0.1, 0.15) is 0 Å². The first kappa shape index (κ1) is 19.7. The smallest absolute Gasteiger partial charge is 0.317 e. The number of amides is 2. The largest absolute Gasteiger partial charge is 0.336 e. The number of nitrogens with zero attached hydrogens (tertiary/aromatic N) is 4. The molecule has 0 unspecified atom stereocenters. The highest BCUT2D eigenvalue weighted by Gasteiger charge is 2.28. The van der Waals surface area contributed by atoms with Crippen LogP contribution in [0.3, 0.4) is 0 Å². The monoisotopic (exact) mass is 369 g/mol. The number of likely N-dealkylation sites (tertiary alicyclic amines) is 1. The van der Waals surface area contributed by atoms with Gasteiger partial charge in [0.25, 0.3) is 0 Å². The summed E-state index contributed by atoms with van der Waals surface area (Å²) in [6.07, 6.45) is 2.35. The number of hydrogen-bond donors (Lipinski definition) is 1. The van der Waals surface area contributed by atoms with Crippen molar-refractivity contribution in [3.63, 3.8) is 0 Å². The number of rotatable bonds is 4. The molecular weight excluding hydrogens is 338 g/mol. The van der Waals surface area contributed by atoms with E-state index in [-0.39, 0.29) is 12.1 Å². The number of piperidine rings is 1. The molecule has 2 saturated heterocycles. The van der Waals surface area contributed by atoms with E-state index in [1.807, 2.05) is 36.9 Å². The highest BCUT2D eigenvalue weighted by atomic mass is 16.2.